The lowest BCUT2D eigenvalue weighted by molar-refractivity contribution is -0.144. The average Bonchev–Trinajstić information content (AvgIpc) is 2.26. The van der Waals surface area contributed by atoms with Gasteiger partial charge in [-0.15, -0.1) is 0 Å². The van der Waals surface area contributed by atoms with Gasteiger partial charge >= 0.3 is 5.97 Å². The summed E-state index contributed by atoms with van der Waals surface area (Å²) in [7, 11) is 1.41. The molecule has 0 saturated carbocycles. The van der Waals surface area contributed by atoms with Crippen LogP contribution in [-0.2, 0) is 14.3 Å². The highest BCUT2D eigenvalue weighted by Gasteiger charge is 2.19. The highest BCUT2D eigenvalue weighted by molar-refractivity contribution is 5.75. The fourth-order valence-electron chi connectivity index (χ4n) is 1.69. The van der Waals surface area contributed by atoms with E-state index in [0.29, 0.717) is 13.0 Å². The van der Waals surface area contributed by atoms with E-state index in [-0.39, 0.29) is 24.2 Å². The van der Waals surface area contributed by atoms with E-state index < -0.39 is 0 Å². The molecule has 0 aliphatic rings. The van der Waals surface area contributed by atoms with E-state index in [9.17, 15) is 4.79 Å². The summed E-state index contributed by atoms with van der Waals surface area (Å²) in [4.78, 5) is 11.5. The number of carbonyl (C=O) groups is 1. The van der Waals surface area contributed by atoms with Gasteiger partial charge in [0.1, 0.15) is 6.04 Å². The van der Waals surface area contributed by atoms with Crippen LogP contribution >= 0.6 is 0 Å². The van der Waals surface area contributed by atoms with Crippen LogP contribution in [0.25, 0.3) is 0 Å². The van der Waals surface area contributed by atoms with Gasteiger partial charge in [-0.2, -0.15) is 0 Å². The molecule has 0 heterocycles. The standard InChI is InChI=1S/C13H27NO3/c1-6-7-11(4)17-9-8-12(13(15)16-5)14-10(2)3/h10-12,14H,6-9H2,1-5H3. The number of carbonyl (C=O) groups excluding carboxylic acids is 1. The van der Waals surface area contributed by atoms with Crippen molar-refractivity contribution in [3.05, 3.63) is 0 Å². The maximum atomic E-state index is 11.5. The van der Waals surface area contributed by atoms with E-state index >= 15 is 0 Å². The third kappa shape index (κ3) is 8.16. The Morgan fingerprint density at radius 2 is 1.88 bits per heavy atom. The van der Waals surface area contributed by atoms with Gasteiger partial charge in [0.15, 0.2) is 0 Å². The minimum Gasteiger partial charge on any atom is -0.468 e. The second-order valence-electron chi connectivity index (χ2n) is 4.66. The van der Waals surface area contributed by atoms with Gasteiger partial charge < -0.3 is 14.8 Å². The topological polar surface area (TPSA) is 47.6 Å². The lowest BCUT2D eigenvalue weighted by atomic mass is 10.2. The molecule has 2 atom stereocenters. The van der Waals surface area contributed by atoms with Crippen molar-refractivity contribution in [1.29, 1.82) is 0 Å². The third-order valence-electron chi connectivity index (χ3n) is 2.52. The Balaban J connectivity index is 3.95. The fourth-order valence-corrected chi connectivity index (χ4v) is 1.69. The van der Waals surface area contributed by atoms with E-state index in [1.54, 1.807) is 0 Å². The van der Waals surface area contributed by atoms with Crippen molar-refractivity contribution in [3.8, 4) is 0 Å². The van der Waals surface area contributed by atoms with Gasteiger partial charge in [0.05, 0.1) is 13.2 Å². The van der Waals surface area contributed by atoms with E-state index in [1.165, 1.54) is 7.11 Å². The number of hydrogen-bond donors (Lipinski definition) is 1. The summed E-state index contributed by atoms with van der Waals surface area (Å²) in [5.74, 6) is -0.217. The molecule has 0 aromatic carbocycles. The third-order valence-corrected chi connectivity index (χ3v) is 2.52. The van der Waals surface area contributed by atoms with Crippen molar-refractivity contribution >= 4 is 5.97 Å². The monoisotopic (exact) mass is 245 g/mol. The van der Waals surface area contributed by atoms with Crippen molar-refractivity contribution in [1.82, 2.24) is 5.32 Å². The summed E-state index contributed by atoms with van der Waals surface area (Å²) in [6, 6.07) is -0.0130. The van der Waals surface area contributed by atoms with Crippen LogP contribution in [0.15, 0.2) is 0 Å². The first-order valence-corrected chi connectivity index (χ1v) is 6.46. The first-order chi connectivity index (χ1) is 8.01. The molecule has 0 rings (SSSR count). The van der Waals surface area contributed by atoms with Gasteiger partial charge in [0.2, 0.25) is 0 Å². The molecule has 4 nitrogen and oxygen atoms in total. The molecule has 1 N–H and O–H groups in total. The van der Waals surface area contributed by atoms with Gasteiger partial charge in [-0.3, -0.25) is 4.79 Å². The predicted octanol–water partition coefficient (Wildman–Crippen LogP) is 2.12. The Labute approximate surface area is 105 Å². The fraction of sp³-hybridized carbons (Fsp3) is 0.923. The molecule has 0 aromatic heterocycles. The van der Waals surface area contributed by atoms with Crippen molar-refractivity contribution < 1.29 is 14.3 Å². The molecule has 0 fully saturated rings. The van der Waals surface area contributed by atoms with Gasteiger partial charge in [-0.25, -0.2) is 0 Å². The molecule has 0 aromatic rings. The summed E-state index contributed by atoms with van der Waals surface area (Å²) in [6.45, 7) is 8.80. The predicted molar refractivity (Wildman–Crippen MR) is 69.0 cm³/mol. The Morgan fingerprint density at radius 1 is 1.24 bits per heavy atom. The Bertz CT molecular complexity index is 207. The minimum absolute atomic E-state index is 0.217. The normalized spacial score (nSPS) is 14.7. The molecular formula is C13H27NO3. The van der Waals surface area contributed by atoms with Crippen LogP contribution < -0.4 is 5.32 Å². The van der Waals surface area contributed by atoms with Crippen molar-refractivity contribution in [2.45, 2.75) is 65.1 Å². The summed E-state index contributed by atoms with van der Waals surface area (Å²) in [5, 5.41) is 3.18. The molecule has 0 radical (unpaired) electrons. The highest BCUT2D eigenvalue weighted by Crippen LogP contribution is 2.04. The second-order valence-corrected chi connectivity index (χ2v) is 4.66. The van der Waals surface area contributed by atoms with Crippen LogP contribution in [0.4, 0.5) is 0 Å². The molecule has 2 unspecified atom stereocenters. The zero-order valence-corrected chi connectivity index (χ0v) is 11.8. The Morgan fingerprint density at radius 3 is 2.35 bits per heavy atom. The van der Waals surface area contributed by atoms with Crippen LogP contribution in [0.3, 0.4) is 0 Å². The smallest absolute Gasteiger partial charge is 0.322 e. The first-order valence-electron chi connectivity index (χ1n) is 6.46. The van der Waals surface area contributed by atoms with Crippen LogP contribution in [0.2, 0.25) is 0 Å². The second kappa shape index (κ2) is 9.42. The van der Waals surface area contributed by atoms with E-state index in [1.807, 2.05) is 13.8 Å². The molecule has 17 heavy (non-hydrogen) atoms. The maximum absolute atomic E-state index is 11.5. The van der Waals surface area contributed by atoms with E-state index in [0.717, 1.165) is 12.8 Å². The van der Waals surface area contributed by atoms with Crippen LogP contribution in [0.1, 0.15) is 47.0 Å². The summed E-state index contributed by atoms with van der Waals surface area (Å²) in [6.07, 6.45) is 3.09. The lowest BCUT2D eigenvalue weighted by Gasteiger charge is -2.20. The van der Waals surface area contributed by atoms with Gasteiger partial charge in [0, 0.05) is 12.6 Å². The molecule has 0 amide bonds. The molecule has 102 valence electrons. The molecule has 4 heteroatoms. The molecule has 0 aliphatic heterocycles. The Kier molecular flexibility index (Phi) is 9.09. The molecule has 0 aliphatic carbocycles. The number of nitrogens with one attached hydrogen (secondary N) is 1. The molecule has 0 saturated heterocycles. The molecular weight excluding hydrogens is 218 g/mol. The van der Waals surface area contributed by atoms with Crippen molar-refractivity contribution in [2.75, 3.05) is 13.7 Å². The zero-order valence-electron chi connectivity index (χ0n) is 11.8. The van der Waals surface area contributed by atoms with Crippen molar-refractivity contribution in [2.24, 2.45) is 0 Å². The van der Waals surface area contributed by atoms with Crippen molar-refractivity contribution in [3.63, 3.8) is 0 Å². The number of hydrogen-bond acceptors (Lipinski definition) is 4. The average molecular weight is 245 g/mol. The number of methoxy groups -OCH3 is 1. The van der Waals surface area contributed by atoms with Gasteiger partial charge in [-0.1, -0.05) is 27.2 Å². The van der Waals surface area contributed by atoms with Crippen LogP contribution in [0.5, 0.6) is 0 Å². The minimum atomic E-state index is -0.270. The largest absolute Gasteiger partial charge is 0.468 e. The SMILES string of the molecule is CCCC(C)OCCC(NC(C)C)C(=O)OC. The van der Waals surface area contributed by atoms with E-state index in [4.69, 9.17) is 9.47 Å². The quantitative estimate of drug-likeness (QED) is 0.632. The van der Waals surface area contributed by atoms with Gasteiger partial charge in [0.25, 0.3) is 0 Å². The van der Waals surface area contributed by atoms with Gasteiger partial charge in [-0.05, 0) is 19.8 Å². The number of ether oxygens (including phenoxy) is 2. The maximum Gasteiger partial charge on any atom is 0.322 e. The summed E-state index contributed by atoms with van der Waals surface area (Å²) in [5.41, 5.74) is 0. The summed E-state index contributed by atoms with van der Waals surface area (Å²) >= 11 is 0. The zero-order chi connectivity index (χ0) is 13.3. The molecule has 0 spiro atoms. The number of esters is 1. The Hall–Kier alpha value is -0.610. The highest BCUT2D eigenvalue weighted by atomic mass is 16.5. The van der Waals surface area contributed by atoms with E-state index in [2.05, 4.69) is 19.2 Å². The van der Waals surface area contributed by atoms with Crippen LogP contribution in [-0.4, -0.2) is 37.9 Å². The summed E-state index contributed by atoms with van der Waals surface area (Å²) < 4.78 is 10.4. The lowest BCUT2D eigenvalue weighted by Crippen LogP contribution is -2.42. The number of rotatable bonds is 9. The first kappa shape index (κ1) is 16.4. The van der Waals surface area contributed by atoms with Crippen LogP contribution in [0, 0.1) is 0 Å². The molecule has 0 bridgehead atoms.